The number of aryl methyl sites for hydroxylation is 1. The Balaban J connectivity index is 1.18. The molecule has 1 saturated heterocycles. The first-order valence-corrected chi connectivity index (χ1v) is 11.7. The number of piperazine rings is 1. The molecule has 0 atom stereocenters. The predicted molar refractivity (Wildman–Crippen MR) is 128 cm³/mol. The van der Waals surface area contributed by atoms with Crippen LogP contribution in [0.1, 0.15) is 17.7 Å². The molecule has 7 nitrogen and oxygen atoms in total. The van der Waals surface area contributed by atoms with Gasteiger partial charge in [0.1, 0.15) is 0 Å². The van der Waals surface area contributed by atoms with E-state index in [1.165, 1.54) is 16.9 Å². The zero-order valence-electron chi connectivity index (χ0n) is 17.9. The zero-order valence-corrected chi connectivity index (χ0v) is 18.7. The molecule has 4 rings (SSSR count). The summed E-state index contributed by atoms with van der Waals surface area (Å²) < 4.78 is 0. The molecule has 3 amide bonds. The van der Waals surface area contributed by atoms with Gasteiger partial charge < -0.3 is 10.2 Å². The molecule has 0 saturated carbocycles. The lowest BCUT2D eigenvalue weighted by Crippen LogP contribution is -2.48. The van der Waals surface area contributed by atoms with Gasteiger partial charge in [-0.1, -0.05) is 48.5 Å². The smallest absolute Gasteiger partial charge is 0.325 e. The summed E-state index contributed by atoms with van der Waals surface area (Å²) in [6.07, 6.45) is 1.000. The van der Waals surface area contributed by atoms with Gasteiger partial charge >= 0.3 is 6.03 Å². The van der Waals surface area contributed by atoms with Crippen molar-refractivity contribution < 1.29 is 9.59 Å². The second-order valence-corrected chi connectivity index (χ2v) is 8.59. The molecule has 0 bridgehead atoms. The molecule has 0 aliphatic carbocycles. The van der Waals surface area contributed by atoms with Crippen molar-refractivity contribution in [1.82, 2.24) is 14.8 Å². The Bertz CT molecular complexity index is 1020. The van der Waals surface area contributed by atoms with Crippen LogP contribution in [-0.4, -0.2) is 52.9 Å². The first kappa shape index (κ1) is 22.0. The van der Waals surface area contributed by atoms with Crippen LogP contribution in [-0.2, 0) is 17.8 Å². The quantitative estimate of drug-likeness (QED) is 0.570. The summed E-state index contributed by atoms with van der Waals surface area (Å²) in [5.41, 5.74) is 2.84. The monoisotopic (exact) mass is 449 g/mol. The van der Waals surface area contributed by atoms with Gasteiger partial charge in [-0.3, -0.25) is 15.0 Å². The minimum atomic E-state index is -0.332. The number of carbonyl (C=O) groups is 2. The normalized spacial score (nSPS) is 14.2. The van der Waals surface area contributed by atoms with Gasteiger partial charge in [0, 0.05) is 50.2 Å². The van der Waals surface area contributed by atoms with Gasteiger partial charge in [0.2, 0.25) is 5.91 Å². The van der Waals surface area contributed by atoms with Gasteiger partial charge in [-0.05, 0) is 24.1 Å². The second kappa shape index (κ2) is 10.9. The molecule has 2 heterocycles. The van der Waals surface area contributed by atoms with Crippen LogP contribution in [0.5, 0.6) is 0 Å². The molecule has 166 valence electrons. The van der Waals surface area contributed by atoms with Crippen molar-refractivity contribution in [3.8, 4) is 0 Å². The van der Waals surface area contributed by atoms with E-state index in [9.17, 15) is 9.59 Å². The maximum Gasteiger partial charge on any atom is 0.325 e. The number of carbonyl (C=O) groups excluding carboxylic acids is 2. The lowest BCUT2D eigenvalue weighted by atomic mass is 10.2. The topological polar surface area (TPSA) is 77.6 Å². The van der Waals surface area contributed by atoms with Crippen molar-refractivity contribution in [2.75, 3.05) is 36.8 Å². The van der Waals surface area contributed by atoms with E-state index in [1.807, 2.05) is 46.7 Å². The summed E-state index contributed by atoms with van der Waals surface area (Å²) in [5.74, 6) is 0.161. The third kappa shape index (κ3) is 6.38. The molecule has 3 aromatic rings. The maximum atomic E-state index is 12.6. The van der Waals surface area contributed by atoms with Gasteiger partial charge in [-0.15, -0.1) is 11.3 Å². The highest BCUT2D eigenvalue weighted by atomic mass is 32.1. The molecule has 1 fully saturated rings. The van der Waals surface area contributed by atoms with Gasteiger partial charge in [-0.2, -0.15) is 0 Å². The Kier molecular flexibility index (Phi) is 7.47. The summed E-state index contributed by atoms with van der Waals surface area (Å²) in [4.78, 5) is 33.5. The lowest BCUT2D eigenvalue weighted by molar-refractivity contribution is -0.133. The number of thiazole rings is 1. The van der Waals surface area contributed by atoms with Crippen LogP contribution in [0.15, 0.2) is 66.0 Å². The number of hydrogen-bond donors (Lipinski definition) is 2. The fourth-order valence-corrected chi connectivity index (χ4v) is 4.39. The Morgan fingerprint density at radius 3 is 2.31 bits per heavy atom. The number of aromatic nitrogens is 1. The van der Waals surface area contributed by atoms with E-state index in [2.05, 4.69) is 44.8 Å². The van der Waals surface area contributed by atoms with Gasteiger partial charge in [0.25, 0.3) is 0 Å². The molecule has 1 aliphatic heterocycles. The number of benzene rings is 2. The van der Waals surface area contributed by atoms with E-state index in [0.29, 0.717) is 18.0 Å². The highest BCUT2D eigenvalue weighted by Gasteiger charge is 2.21. The van der Waals surface area contributed by atoms with Crippen LogP contribution < -0.4 is 10.6 Å². The zero-order chi connectivity index (χ0) is 22.2. The molecular weight excluding hydrogens is 422 g/mol. The van der Waals surface area contributed by atoms with Crippen molar-refractivity contribution in [3.63, 3.8) is 0 Å². The van der Waals surface area contributed by atoms with Crippen molar-refractivity contribution >= 4 is 34.1 Å². The van der Waals surface area contributed by atoms with E-state index < -0.39 is 0 Å². The predicted octanol–water partition coefficient (Wildman–Crippen LogP) is 4.06. The highest BCUT2D eigenvalue weighted by Crippen LogP contribution is 2.18. The Hall–Kier alpha value is -3.23. The fraction of sp³-hybridized carbons (Fsp3) is 0.292. The van der Waals surface area contributed by atoms with E-state index in [-0.39, 0.29) is 11.9 Å². The molecule has 0 spiro atoms. The largest absolute Gasteiger partial charge is 0.340 e. The number of nitrogens with one attached hydrogen (secondary N) is 2. The fourth-order valence-electron chi connectivity index (χ4n) is 3.65. The van der Waals surface area contributed by atoms with Crippen LogP contribution in [0.3, 0.4) is 0 Å². The summed E-state index contributed by atoms with van der Waals surface area (Å²) in [5, 5.41) is 7.92. The second-order valence-electron chi connectivity index (χ2n) is 7.73. The average molecular weight is 450 g/mol. The molecule has 8 heteroatoms. The Labute approximate surface area is 192 Å². The SMILES string of the molecule is O=C(Nc1ccccc1)Nc1nc(CCC(=O)N2CCN(Cc3ccccc3)CC2)cs1. The number of anilines is 2. The minimum Gasteiger partial charge on any atom is -0.340 e. The first-order valence-electron chi connectivity index (χ1n) is 10.8. The number of rotatable bonds is 7. The van der Waals surface area contributed by atoms with Crippen molar-refractivity contribution in [1.29, 1.82) is 0 Å². The highest BCUT2D eigenvalue weighted by molar-refractivity contribution is 7.13. The third-order valence-corrected chi connectivity index (χ3v) is 6.18. The summed E-state index contributed by atoms with van der Waals surface area (Å²) in [6, 6.07) is 19.3. The molecular formula is C24H27N5O2S. The molecule has 1 aliphatic rings. The van der Waals surface area contributed by atoms with Gasteiger partial charge in [0.15, 0.2) is 5.13 Å². The molecule has 2 aromatic carbocycles. The van der Waals surface area contributed by atoms with Gasteiger partial charge in [0.05, 0.1) is 5.69 Å². The van der Waals surface area contributed by atoms with Crippen LogP contribution in [0.2, 0.25) is 0 Å². The summed E-state index contributed by atoms with van der Waals surface area (Å²) in [6.45, 7) is 4.23. The Morgan fingerprint density at radius 1 is 0.906 bits per heavy atom. The number of urea groups is 1. The van der Waals surface area contributed by atoms with E-state index in [1.54, 1.807) is 0 Å². The van der Waals surface area contributed by atoms with E-state index in [0.717, 1.165) is 44.1 Å². The van der Waals surface area contributed by atoms with E-state index >= 15 is 0 Å². The molecule has 0 unspecified atom stereocenters. The third-order valence-electron chi connectivity index (χ3n) is 5.37. The van der Waals surface area contributed by atoms with Crippen molar-refractivity contribution in [2.45, 2.75) is 19.4 Å². The molecule has 0 radical (unpaired) electrons. The van der Waals surface area contributed by atoms with Crippen LogP contribution in [0.4, 0.5) is 15.6 Å². The summed E-state index contributed by atoms with van der Waals surface area (Å²) in [7, 11) is 0. The first-order chi connectivity index (χ1) is 15.7. The number of amides is 3. The lowest BCUT2D eigenvalue weighted by Gasteiger charge is -2.34. The maximum absolute atomic E-state index is 12.6. The van der Waals surface area contributed by atoms with Crippen molar-refractivity contribution in [3.05, 3.63) is 77.3 Å². The van der Waals surface area contributed by atoms with Crippen LogP contribution in [0.25, 0.3) is 0 Å². The van der Waals surface area contributed by atoms with Crippen LogP contribution >= 0.6 is 11.3 Å². The van der Waals surface area contributed by atoms with E-state index in [4.69, 9.17) is 0 Å². The Morgan fingerprint density at radius 2 is 1.59 bits per heavy atom. The van der Waals surface area contributed by atoms with Crippen LogP contribution in [0, 0.1) is 0 Å². The number of para-hydroxylation sites is 1. The van der Waals surface area contributed by atoms with Gasteiger partial charge in [-0.25, -0.2) is 9.78 Å². The number of hydrogen-bond acceptors (Lipinski definition) is 5. The number of nitrogens with zero attached hydrogens (tertiary/aromatic N) is 3. The molecule has 1 aromatic heterocycles. The average Bonchev–Trinajstić information content (AvgIpc) is 3.26. The minimum absolute atomic E-state index is 0.161. The van der Waals surface area contributed by atoms with Crippen molar-refractivity contribution in [2.24, 2.45) is 0 Å². The molecule has 2 N–H and O–H groups in total. The summed E-state index contributed by atoms with van der Waals surface area (Å²) >= 11 is 1.36. The standard InChI is InChI=1S/C24H27N5O2S/c30-22(29-15-13-28(14-16-29)17-19-7-3-1-4-8-19)12-11-21-18-32-24(26-21)27-23(31)25-20-9-5-2-6-10-20/h1-10,18H,11-17H2,(H2,25,26,27,31). The molecule has 32 heavy (non-hydrogen) atoms.